The van der Waals surface area contributed by atoms with Crippen LogP contribution in [0.15, 0.2) is 0 Å². The lowest BCUT2D eigenvalue weighted by atomic mass is 9.83. The van der Waals surface area contributed by atoms with E-state index in [1.54, 1.807) is 0 Å². The van der Waals surface area contributed by atoms with Crippen LogP contribution in [0.2, 0.25) is 0 Å². The van der Waals surface area contributed by atoms with Gasteiger partial charge in [-0.25, -0.2) is 9.59 Å². The summed E-state index contributed by atoms with van der Waals surface area (Å²) in [5, 5.41) is 13.6. The molecule has 0 spiro atoms. The maximum Gasteiger partial charge on any atom is 0.326 e. The molecule has 1 fully saturated rings. The summed E-state index contributed by atoms with van der Waals surface area (Å²) >= 11 is 0. The highest BCUT2D eigenvalue weighted by Gasteiger charge is 2.22. The number of primary amides is 1. The number of carbonyl (C=O) groups is 3. The van der Waals surface area contributed by atoms with Crippen molar-refractivity contribution in [3.63, 3.8) is 0 Å². The zero-order chi connectivity index (χ0) is 13.5. The highest BCUT2D eigenvalue weighted by atomic mass is 16.4. The Morgan fingerprint density at radius 3 is 2.44 bits per heavy atom. The second kappa shape index (κ2) is 6.83. The number of amides is 3. The monoisotopic (exact) mass is 257 g/mol. The van der Waals surface area contributed by atoms with Gasteiger partial charge < -0.3 is 21.5 Å². The van der Waals surface area contributed by atoms with Gasteiger partial charge in [-0.05, 0) is 12.3 Å². The maximum atomic E-state index is 11.4. The van der Waals surface area contributed by atoms with Gasteiger partial charge in [0.15, 0.2) is 0 Å². The first-order valence-corrected chi connectivity index (χ1v) is 6.04. The molecule has 0 aromatic heterocycles. The molecule has 102 valence electrons. The Kier molecular flexibility index (Phi) is 5.41. The number of urea groups is 1. The highest BCUT2D eigenvalue weighted by molar-refractivity contribution is 5.87. The number of nitrogens with two attached hydrogens (primary N) is 1. The van der Waals surface area contributed by atoms with Gasteiger partial charge in [-0.1, -0.05) is 19.3 Å². The van der Waals surface area contributed by atoms with E-state index in [1.165, 1.54) is 19.3 Å². The van der Waals surface area contributed by atoms with E-state index in [0.29, 0.717) is 12.5 Å². The van der Waals surface area contributed by atoms with Gasteiger partial charge >= 0.3 is 12.0 Å². The number of aliphatic carboxylic acids is 1. The quantitative estimate of drug-likeness (QED) is 0.504. The van der Waals surface area contributed by atoms with Gasteiger partial charge in [-0.3, -0.25) is 4.79 Å². The number of carboxylic acids is 1. The van der Waals surface area contributed by atoms with Crippen LogP contribution in [0.3, 0.4) is 0 Å². The van der Waals surface area contributed by atoms with Gasteiger partial charge in [-0.15, -0.1) is 0 Å². The number of nitrogens with one attached hydrogen (secondary N) is 2. The highest BCUT2D eigenvalue weighted by Crippen LogP contribution is 2.28. The molecule has 3 amide bonds. The molecule has 0 radical (unpaired) electrons. The molecular weight excluding hydrogens is 238 g/mol. The van der Waals surface area contributed by atoms with Crippen molar-refractivity contribution in [3.05, 3.63) is 0 Å². The standard InChI is InChI=1S/C11H19N3O4/c12-9(15)6-8(10(16)17)14-11(18)13-5-4-7-2-1-3-7/h7-8H,1-6H2,(H2,12,15)(H,16,17)(H2,13,14,18)/t8-/m0/s1. The summed E-state index contributed by atoms with van der Waals surface area (Å²) in [7, 11) is 0. The first-order chi connectivity index (χ1) is 8.49. The molecule has 0 saturated heterocycles. The molecule has 1 saturated carbocycles. The second-order valence-electron chi connectivity index (χ2n) is 4.55. The van der Waals surface area contributed by atoms with Crippen LogP contribution >= 0.6 is 0 Å². The van der Waals surface area contributed by atoms with Gasteiger partial charge in [0.2, 0.25) is 5.91 Å². The van der Waals surface area contributed by atoms with Gasteiger partial charge in [-0.2, -0.15) is 0 Å². The Morgan fingerprint density at radius 2 is 2.00 bits per heavy atom. The third-order valence-electron chi connectivity index (χ3n) is 3.07. The molecule has 1 rings (SSSR count). The minimum Gasteiger partial charge on any atom is -0.480 e. The topological polar surface area (TPSA) is 122 Å². The average Bonchev–Trinajstić information content (AvgIpc) is 2.20. The van der Waals surface area contributed by atoms with Gasteiger partial charge in [0.25, 0.3) is 0 Å². The van der Waals surface area contributed by atoms with E-state index in [2.05, 4.69) is 10.6 Å². The second-order valence-corrected chi connectivity index (χ2v) is 4.55. The van der Waals surface area contributed by atoms with Crippen molar-refractivity contribution in [2.24, 2.45) is 11.7 Å². The van der Waals surface area contributed by atoms with Gasteiger partial charge in [0.05, 0.1) is 6.42 Å². The summed E-state index contributed by atoms with van der Waals surface area (Å²) in [6.07, 6.45) is 4.13. The van der Waals surface area contributed by atoms with Gasteiger partial charge in [0.1, 0.15) is 6.04 Å². The Hall–Kier alpha value is -1.79. The third-order valence-corrected chi connectivity index (χ3v) is 3.07. The van der Waals surface area contributed by atoms with Crippen LogP contribution in [0.1, 0.15) is 32.1 Å². The lowest BCUT2D eigenvalue weighted by molar-refractivity contribution is -0.140. The van der Waals surface area contributed by atoms with Crippen molar-refractivity contribution in [3.8, 4) is 0 Å². The summed E-state index contributed by atoms with van der Waals surface area (Å²) in [5.74, 6) is -1.37. The van der Waals surface area contributed by atoms with Crippen LogP contribution in [0.4, 0.5) is 4.79 Å². The number of hydrogen-bond donors (Lipinski definition) is 4. The van der Waals surface area contributed by atoms with Crippen LogP contribution in [-0.4, -0.2) is 35.6 Å². The van der Waals surface area contributed by atoms with Crippen molar-refractivity contribution < 1.29 is 19.5 Å². The fourth-order valence-corrected chi connectivity index (χ4v) is 1.78. The molecule has 0 heterocycles. The van der Waals surface area contributed by atoms with Gasteiger partial charge in [0, 0.05) is 6.54 Å². The summed E-state index contributed by atoms with van der Waals surface area (Å²) in [6.45, 7) is 0.513. The fraction of sp³-hybridized carbons (Fsp3) is 0.727. The van der Waals surface area contributed by atoms with E-state index in [9.17, 15) is 14.4 Å². The Balaban J connectivity index is 2.22. The Labute approximate surface area is 105 Å². The summed E-state index contributed by atoms with van der Waals surface area (Å²) in [5.41, 5.74) is 4.90. The Morgan fingerprint density at radius 1 is 1.33 bits per heavy atom. The number of carbonyl (C=O) groups excluding carboxylic acids is 2. The fourth-order valence-electron chi connectivity index (χ4n) is 1.78. The van der Waals surface area contributed by atoms with Crippen LogP contribution in [0.25, 0.3) is 0 Å². The number of carboxylic acid groups (broad SMARTS) is 1. The van der Waals surface area contributed by atoms with Crippen LogP contribution in [-0.2, 0) is 9.59 Å². The first-order valence-electron chi connectivity index (χ1n) is 6.04. The normalized spacial score (nSPS) is 16.4. The minimum atomic E-state index is -1.28. The van der Waals surface area contributed by atoms with E-state index in [0.717, 1.165) is 6.42 Å². The molecule has 0 aromatic rings. The number of hydrogen-bond acceptors (Lipinski definition) is 3. The van der Waals surface area contributed by atoms with E-state index in [1.807, 2.05) is 0 Å². The zero-order valence-electron chi connectivity index (χ0n) is 10.1. The lowest BCUT2D eigenvalue weighted by Gasteiger charge is -2.25. The van der Waals surface area contributed by atoms with Crippen LogP contribution in [0, 0.1) is 5.92 Å². The average molecular weight is 257 g/mol. The molecular formula is C11H19N3O4. The summed E-state index contributed by atoms with van der Waals surface area (Å²) < 4.78 is 0. The zero-order valence-corrected chi connectivity index (χ0v) is 10.1. The minimum absolute atomic E-state index is 0.411. The number of rotatable bonds is 7. The largest absolute Gasteiger partial charge is 0.480 e. The van der Waals surface area contributed by atoms with Crippen molar-refractivity contribution in [1.29, 1.82) is 0 Å². The molecule has 7 heteroatoms. The van der Waals surface area contributed by atoms with E-state index < -0.39 is 30.4 Å². The molecule has 1 aliphatic rings. The summed E-state index contributed by atoms with van der Waals surface area (Å²) in [4.78, 5) is 32.8. The molecule has 1 atom stereocenters. The van der Waals surface area contributed by atoms with Crippen LogP contribution in [0.5, 0.6) is 0 Å². The van der Waals surface area contributed by atoms with Crippen molar-refractivity contribution in [2.75, 3.05) is 6.54 Å². The molecule has 1 aliphatic carbocycles. The van der Waals surface area contributed by atoms with E-state index >= 15 is 0 Å². The van der Waals surface area contributed by atoms with Crippen LogP contribution < -0.4 is 16.4 Å². The molecule has 0 aromatic carbocycles. The lowest BCUT2D eigenvalue weighted by Crippen LogP contribution is -2.48. The predicted molar refractivity (Wildman–Crippen MR) is 63.7 cm³/mol. The van der Waals surface area contributed by atoms with Crippen molar-refractivity contribution >= 4 is 17.9 Å². The van der Waals surface area contributed by atoms with Crippen molar-refractivity contribution in [2.45, 2.75) is 38.1 Å². The molecule has 18 heavy (non-hydrogen) atoms. The third kappa shape index (κ3) is 5.03. The molecule has 0 aliphatic heterocycles. The summed E-state index contributed by atoms with van der Waals surface area (Å²) in [6, 6.07) is -1.85. The molecule has 0 bridgehead atoms. The molecule has 0 unspecified atom stereocenters. The smallest absolute Gasteiger partial charge is 0.326 e. The SMILES string of the molecule is NC(=O)C[C@H](NC(=O)NCCC1CCC1)C(=O)O. The molecule has 5 N–H and O–H groups in total. The van der Waals surface area contributed by atoms with E-state index in [-0.39, 0.29) is 0 Å². The van der Waals surface area contributed by atoms with E-state index in [4.69, 9.17) is 10.8 Å². The first kappa shape index (κ1) is 14.3. The predicted octanol–water partition coefficient (Wildman–Crippen LogP) is -0.196. The molecule has 7 nitrogen and oxygen atoms in total. The Bertz CT molecular complexity index is 328. The van der Waals surface area contributed by atoms with Crippen molar-refractivity contribution in [1.82, 2.24) is 10.6 Å². The maximum absolute atomic E-state index is 11.4.